The number of hydrogen-bond acceptors (Lipinski definition) is 20. The van der Waals surface area contributed by atoms with Crippen molar-refractivity contribution in [2.75, 3.05) is 26.9 Å². The van der Waals surface area contributed by atoms with Gasteiger partial charge in [-0.1, -0.05) is 6.07 Å². The Bertz CT molecular complexity index is 2140. The minimum absolute atomic E-state index is 0.0788. The predicted molar refractivity (Wildman–Crippen MR) is 188 cm³/mol. The number of fused-ring (bicyclic) bond motifs is 2. The van der Waals surface area contributed by atoms with Crippen molar-refractivity contribution in [2.45, 2.75) is 73.6 Å². The predicted octanol–water partition coefficient (Wildman–Crippen LogP) is -1.19. The van der Waals surface area contributed by atoms with Crippen molar-refractivity contribution in [3.05, 3.63) is 64.3 Å². The second-order valence-corrected chi connectivity index (χ2v) is 13.6. The van der Waals surface area contributed by atoms with Crippen LogP contribution in [0, 0.1) is 0 Å². The zero-order valence-corrected chi connectivity index (χ0v) is 29.8. The molecule has 0 spiro atoms. The maximum atomic E-state index is 13.0. The molecule has 0 saturated carbocycles. The van der Waals surface area contributed by atoms with E-state index in [4.69, 9.17) is 37.6 Å². The van der Waals surface area contributed by atoms with Gasteiger partial charge < -0.3 is 93.7 Å². The standard InChI is InChI=1S/C37H40O20/c1-50-19-6-13(2-4-16(19)41)33-24(12-51-36-32(49)30(47)35(23(11-39)56-36)57-37-31(48)28(45)26(43)22(10-38)55-37)52-18-5-3-14(7-20(18)53-33)34-29(46)27(44)25-17(42)8-15(40)9-21(25)54-34/h2-9,22-24,26,28,30-33,35-43,45-49H,10-12H2,1H3/t22-,23-,24-,26-,28+,30-,31-,32-,33-,35-,36-,37-/m1/s1. The van der Waals surface area contributed by atoms with E-state index >= 15 is 0 Å². The van der Waals surface area contributed by atoms with E-state index in [-0.39, 0.29) is 45.3 Å². The molecule has 7 rings (SSSR count). The average molecular weight is 805 g/mol. The van der Waals surface area contributed by atoms with Gasteiger partial charge in [0.05, 0.1) is 26.9 Å². The molecule has 20 heteroatoms. The molecule has 4 heterocycles. The summed E-state index contributed by atoms with van der Waals surface area (Å²) in [7, 11) is 1.34. The summed E-state index contributed by atoms with van der Waals surface area (Å²) in [6.07, 6.45) is -18.8. The van der Waals surface area contributed by atoms with E-state index in [1.54, 1.807) is 0 Å². The van der Waals surface area contributed by atoms with Crippen molar-refractivity contribution >= 4 is 11.0 Å². The number of phenols is 3. The molecule has 2 fully saturated rings. The molecule has 3 aliphatic rings. The monoisotopic (exact) mass is 804 g/mol. The summed E-state index contributed by atoms with van der Waals surface area (Å²) < 4.78 is 46.3. The third-order valence-corrected chi connectivity index (χ3v) is 9.93. The van der Waals surface area contributed by atoms with E-state index in [1.165, 1.54) is 43.5 Å². The Morgan fingerprint density at radius 1 is 0.702 bits per heavy atom. The van der Waals surface area contributed by atoms with Crippen LogP contribution >= 0.6 is 0 Å². The summed E-state index contributed by atoms with van der Waals surface area (Å²) in [5.41, 5.74) is -0.639. The first-order valence-corrected chi connectivity index (χ1v) is 17.5. The van der Waals surface area contributed by atoms with Crippen molar-refractivity contribution < 1.29 is 93.7 Å². The van der Waals surface area contributed by atoms with Crippen molar-refractivity contribution in [2.24, 2.45) is 0 Å². The maximum absolute atomic E-state index is 13.0. The Balaban J connectivity index is 1.14. The minimum atomic E-state index is -1.85. The van der Waals surface area contributed by atoms with Gasteiger partial charge in [-0.05, 0) is 30.3 Å². The van der Waals surface area contributed by atoms with Crippen LogP contribution in [0.3, 0.4) is 0 Å². The molecular weight excluding hydrogens is 764 g/mol. The number of phenolic OH excluding ortho intramolecular Hbond substituents is 3. The van der Waals surface area contributed by atoms with E-state index in [1.807, 2.05) is 0 Å². The summed E-state index contributed by atoms with van der Waals surface area (Å²) in [6, 6.07) is 10.6. The van der Waals surface area contributed by atoms with Gasteiger partial charge in [-0.25, -0.2) is 0 Å². The normalized spacial score (nSPS) is 31.3. The molecule has 0 aliphatic carbocycles. The van der Waals surface area contributed by atoms with Crippen LogP contribution in [0.2, 0.25) is 0 Å². The van der Waals surface area contributed by atoms with Crippen LogP contribution in [0.25, 0.3) is 22.3 Å². The molecule has 3 aromatic carbocycles. The third kappa shape index (κ3) is 7.48. The molecule has 0 bridgehead atoms. The van der Waals surface area contributed by atoms with Gasteiger partial charge in [-0.15, -0.1) is 0 Å². The van der Waals surface area contributed by atoms with Crippen LogP contribution < -0.4 is 19.6 Å². The molecule has 0 unspecified atom stereocenters. The Morgan fingerprint density at radius 3 is 2.14 bits per heavy atom. The maximum Gasteiger partial charge on any atom is 0.238 e. The molecule has 308 valence electrons. The largest absolute Gasteiger partial charge is 0.508 e. The minimum Gasteiger partial charge on any atom is -0.508 e. The van der Waals surface area contributed by atoms with Crippen LogP contribution in [0.1, 0.15) is 11.7 Å². The van der Waals surface area contributed by atoms with E-state index < -0.39 is 116 Å². The molecule has 2 saturated heterocycles. The molecular formula is C37H40O20. The number of aromatic hydroxyl groups is 4. The highest BCUT2D eigenvalue weighted by Crippen LogP contribution is 2.45. The van der Waals surface area contributed by atoms with Crippen LogP contribution in [-0.2, 0) is 18.9 Å². The summed E-state index contributed by atoms with van der Waals surface area (Å²) in [5, 5.41) is 113. The lowest BCUT2D eigenvalue weighted by atomic mass is 9.97. The van der Waals surface area contributed by atoms with Crippen molar-refractivity contribution in [3.8, 4) is 51.6 Å². The third-order valence-electron chi connectivity index (χ3n) is 9.93. The lowest BCUT2D eigenvalue weighted by Crippen LogP contribution is -2.64. The van der Waals surface area contributed by atoms with Crippen LogP contribution in [0.5, 0.6) is 40.2 Å². The van der Waals surface area contributed by atoms with E-state index in [0.29, 0.717) is 5.56 Å². The Hall–Kier alpha value is -4.97. The Kier molecular flexibility index (Phi) is 11.4. The molecule has 0 amide bonds. The second kappa shape index (κ2) is 16.1. The zero-order valence-electron chi connectivity index (χ0n) is 29.8. The molecule has 12 atom stereocenters. The van der Waals surface area contributed by atoms with Gasteiger partial charge >= 0.3 is 0 Å². The Labute approximate surface area is 321 Å². The zero-order chi connectivity index (χ0) is 40.9. The molecule has 4 aromatic rings. The number of aliphatic hydroxyl groups is 7. The van der Waals surface area contributed by atoms with Gasteiger partial charge in [0, 0.05) is 23.3 Å². The topological polar surface area (TPSA) is 317 Å². The van der Waals surface area contributed by atoms with Gasteiger partial charge in [0.25, 0.3) is 0 Å². The number of benzene rings is 3. The average Bonchev–Trinajstić information content (AvgIpc) is 3.20. The highest BCUT2D eigenvalue weighted by atomic mass is 16.7. The second-order valence-electron chi connectivity index (χ2n) is 13.6. The molecule has 20 nitrogen and oxygen atoms in total. The number of ether oxygens (including phenoxy) is 7. The smallest absolute Gasteiger partial charge is 0.238 e. The van der Waals surface area contributed by atoms with Gasteiger partial charge in [-0.2, -0.15) is 0 Å². The summed E-state index contributed by atoms with van der Waals surface area (Å²) >= 11 is 0. The number of methoxy groups -OCH3 is 1. The van der Waals surface area contributed by atoms with Crippen LogP contribution in [0.4, 0.5) is 0 Å². The van der Waals surface area contributed by atoms with E-state index in [9.17, 15) is 61.0 Å². The van der Waals surface area contributed by atoms with Crippen LogP contribution in [-0.4, -0.2) is 151 Å². The number of aliphatic hydroxyl groups excluding tert-OH is 7. The highest BCUT2D eigenvalue weighted by molar-refractivity contribution is 5.88. The van der Waals surface area contributed by atoms with Crippen LogP contribution in [0.15, 0.2) is 57.7 Å². The molecule has 1 aromatic heterocycles. The van der Waals surface area contributed by atoms with Crippen molar-refractivity contribution in [3.63, 3.8) is 0 Å². The van der Waals surface area contributed by atoms with Crippen molar-refractivity contribution in [1.82, 2.24) is 0 Å². The number of hydrogen-bond donors (Lipinski definition) is 11. The lowest BCUT2D eigenvalue weighted by molar-refractivity contribution is -0.360. The SMILES string of the molecule is COc1cc([C@H]2Oc3cc(-c4oc5cc(O)cc(O)c5c(=O)c4O)ccc3O[C@@H]2CO[C@@H]2O[C@H](CO)[C@@H](O[C@H]3O[C@H](CO)[C@@H](O)[C@H](O)[C@H]3O)[C@H](O)[C@H]2O)ccc1O. The van der Waals surface area contributed by atoms with E-state index in [0.717, 1.165) is 12.1 Å². The number of rotatable bonds is 10. The first kappa shape index (κ1) is 40.2. The summed E-state index contributed by atoms with van der Waals surface area (Å²) in [5.74, 6) is -2.02. The molecule has 0 radical (unpaired) electrons. The van der Waals surface area contributed by atoms with Gasteiger partial charge in [0.1, 0.15) is 71.3 Å². The quantitative estimate of drug-likeness (QED) is 0.0898. The van der Waals surface area contributed by atoms with Gasteiger partial charge in [0.2, 0.25) is 11.2 Å². The lowest BCUT2D eigenvalue weighted by Gasteiger charge is -2.46. The molecule has 11 N–H and O–H groups in total. The van der Waals surface area contributed by atoms with E-state index in [2.05, 4.69) is 0 Å². The fraction of sp³-hybridized carbons (Fsp3) is 0.432. The highest BCUT2D eigenvalue weighted by Gasteiger charge is 2.51. The van der Waals surface area contributed by atoms with Gasteiger partial charge in [-0.3, -0.25) is 4.79 Å². The fourth-order valence-electron chi connectivity index (χ4n) is 6.91. The Morgan fingerprint density at radius 2 is 1.42 bits per heavy atom. The first-order valence-electron chi connectivity index (χ1n) is 17.5. The van der Waals surface area contributed by atoms with Gasteiger partial charge in [0.15, 0.2) is 53.5 Å². The molecule has 57 heavy (non-hydrogen) atoms. The summed E-state index contributed by atoms with van der Waals surface area (Å²) in [6.45, 7) is -1.96. The molecule has 3 aliphatic heterocycles. The van der Waals surface area contributed by atoms with Crippen molar-refractivity contribution in [1.29, 1.82) is 0 Å². The fourth-order valence-corrected chi connectivity index (χ4v) is 6.91. The first-order chi connectivity index (χ1) is 27.2. The summed E-state index contributed by atoms with van der Waals surface area (Å²) in [4.78, 5) is 13.0.